The highest BCUT2D eigenvalue weighted by molar-refractivity contribution is 6.29. The van der Waals surface area contributed by atoms with E-state index in [9.17, 15) is 0 Å². The number of fused-ring (bicyclic) bond motifs is 3. The number of rotatable bonds is 5. The molecule has 162 valence electrons. The molecule has 0 saturated carbocycles. The van der Waals surface area contributed by atoms with E-state index in [-0.39, 0.29) is 0 Å². The van der Waals surface area contributed by atoms with Gasteiger partial charge in [0.1, 0.15) is 0 Å². The molecule has 1 heterocycles. The Labute approximate surface area is 200 Å². The number of allylic oxidation sites excluding steroid dienone is 4. The Morgan fingerprint density at radius 2 is 1.52 bits per heavy atom. The smallest absolute Gasteiger partial charge is 0.0541 e. The summed E-state index contributed by atoms with van der Waals surface area (Å²) in [6.45, 7) is 4.07. The van der Waals surface area contributed by atoms with E-state index in [2.05, 4.69) is 115 Å². The maximum absolute atomic E-state index is 6.23. The van der Waals surface area contributed by atoms with Gasteiger partial charge < -0.3 is 4.57 Å². The standard InChI is InChI=1S/C31H26ClN/c1-3-10-24(19-22(2)32)25-13-9-14-27(20-25)33-30-16-8-7-15-28(30)29-21-26(17-18-31(29)33)23-11-5-4-6-12-23/h4-21H,3H2,1-2H3/b22-19+,24-10+. The molecule has 5 rings (SSSR count). The molecule has 33 heavy (non-hydrogen) atoms. The summed E-state index contributed by atoms with van der Waals surface area (Å²) in [5.41, 5.74) is 8.35. The van der Waals surface area contributed by atoms with E-state index in [1.54, 1.807) is 0 Å². The van der Waals surface area contributed by atoms with Crippen molar-refractivity contribution in [1.82, 2.24) is 4.57 Å². The minimum atomic E-state index is 0.783. The lowest BCUT2D eigenvalue weighted by molar-refractivity contribution is 1.18. The summed E-state index contributed by atoms with van der Waals surface area (Å²) in [6.07, 6.45) is 5.23. The van der Waals surface area contributed by atoms with Crippen LogP contribution in [0.2, 0.25) is 0 Å². The third-order valence-corrected chi connectivity index (χ3v) is 6.10. The first-order valence-corrected chi connectivity index (χ1v) is 11.8. The number of para-hydroxylation sites is 1. The van der Waals surface area contributed by atoms with E-state index >= 15 is 0 Å². The van der Waals surface area contributed by atoms with E-state index < -0.39 is 0 Å². The number of halogens is 1. The summed E-state index contributed by atoms with van der Waals surface area (Å²) in [5, 5.41) is 3.31. The predicted molar refractivity (Wildman–Crippen MR) is 144 cm³/mol. The molecule has 0 aliphatic rings. The van der Waals surface area contributed by atoms with Crippen molar-refractivity contribution < 1.29 is 0 Å². The molecule has 2 heteroatoms. The average Bonchev–Trinajstić information content (AvgIpc) is 3.18. The minimum Gasteiger partial charge on any atom is -0.309 e. The normalized spacial score (nSPS) is 12.6. The van der Waals surface area contributed by atoms with Crippen molar-refractivity contribution in [3.8, 4) is 16.8 Å². The first kappa shape index (κ1) is 21.3. The van der Waals surface area contributed by atoms with Crippen LogP contribution in [0.3, 0.4) is 0 Å². The highest BCUT2D eigenvalue weighted by Crippen LogP contribution is 2.35. The number of benzene rings is 4. The monoisotopic (exact) mass is 447 g/mol. The van der Waals surface area contributed by atoms with Crippen molar-refractivity contribution >= 4 is 39.0 Å². The maximum atomic E-state index is 6.23. The van der Waals surface area contributed by atoms with E-state index in [0.29, 0.717) is 0 Å². The second-order valence-corrected chi connectivity index (χ2v) is 8.90. The van der Waals surface area contributed by atoms with Crippen LogP contribution < -0.4 is 0 Å². The van der Waals surface area contributed by atoms with Gasteiger partial charge in [-0.25, -0.2) is 0 Å². The molecule has 1 nitrogen and oxygen atoms in total. The molecule has 0 N–H and O–H groups in total. The molecule has 0 bridgehead atoms. The molecule has 4 aromatic carbocycles. The summed E-state index contributed by atoms with van der Waals surface area (Å²) in [5.74, 6) is 0. The van der Waals surface area contributed by atoms with Crippen LogP contribution in [0.1, 0.15) is 25.8 Å². The molecule has 5 aromatic rings. The van der Waals surface area contributed by atoms with E-state index in [1.807, 2.05) is 13.0 Å². The molecule has 0 amide bonds. The number of aromatic nitrogens is 1. The Kier molecular flexibility index (Phi) is 5.90. The minimum absolute atomic E-state index is 0.783. The molecule has 0 saturated heterocycles. The van der Waals surface area contributed by atoms with Gasteiger partial charge in [-0.2, -0.15) is 0 Å². The van der Waals surface area contributed by atoms with Crippen LogP contribution in [-0.2, 0) is 0 Å². The number of hydrogen-bond acceptors (Lipinski definition) is 0. The largest absolute Gasteiger partial charge is 0.309 e. The molecule has 0 unspecified atom stereocenters. The zero-order valence-electron chi connectivity index (χ0n) is 18.9. The van der Waals surface area contributed by atoms with Gasteiger partial charge in [-0.15, -0.1) is 0 Å². The van der Waals surface area contributed by atoms with Crippen molar-refractivity contribution in [1.29, 1.82) is 0 Å². The van der Waals surface area contributed by atoms with Crippen LogP contribution in [0.15, 0.2) is 114 Å². The second kappa shape index (κ2) is 9.13. The third-order valence-electron chi connectivity index (χ3n) is 6.00. The van der Waals surface area contributed by atoms with Gasteiger partial charge in [-0.05, 0) is 72.0 Å². The Bertz CT molecular complexity index is 1500. The highest BCUT2D eigenvalue weighted by atomic mass is 35.5. The molecular formula is C31H26ClN. The molecule has 1 aromatic heterocycles. The van der Waals surface area contributed by atoms with E-state index in [0.717, 1.165) is 22.7 Å². The van der Waals surface area contributed by atoms with Crippen molar-refractivity contribution in [3.63, 3.8) is 0 Å². The van der Waals surface area contributed by atoms with Gasteiger partial charge in [0.15, 0.2) is 0 Å². The summed E-state index contributed by atoms with van der Waals surface area (Å²) in [6, 6.07) is 34.7. The molecule has 0 fully saturated rings. The van der Waals surface area contributed by atoms with Gasteiger partial charge in [0.05, 0.1) is 11.0 Å². The lowest BCUT2D eigenvalue weighted by Gasteiger charge is -2.11. The van der Waals surface area contributed by atoms with Gasteiger partial charge in [0.25, 0.3) is 0 Å². The fourth-order valence-electron chi connectivity index (χ4n) is 4.58. The fraction of sp³-hybridized carbons (Fsp3) is 0.0968. The second-order valence-electron chi connectivity index (χ2n) is 8.30. The van der Waals surface area contributed by atoms with Crippen LogP contribution in [0.4, 0.5) is 0 Å². The first-order valence-electron chi connectivity index (χ1n) is 11.4. The van der Waals surface area contributed by atoms with Crippen LogP contribution in [0, 0.1) is 0 Å². The molecule has 0 radical (unpaired) electrons. The average molecular weight is 448 g/mol. The van der Waals surface area contributed by atoms with Gasteiger partial charge in [0, 0.05) is 21.5 Å². The summed E-state index contributed by atoms with van der Waals surface area (Å²) in [4.78, 5) is 0. The van der Waals surface area contributed by atoms with Gasteiger partial charge >= 0.3 is 0 Å². The molecule has 0 aliphatic carbocycles. The van der Waals surface area contributed by atoms with Gasteiger partial charge in [-0.3, -0.25) is 0 Å². The Morgan fingerprint density at radius 3 is 2.30 bits per heavy atom. The zero-order chi connectivity index (χ0) is 22.8. The fourth-order valence-corrected chi connectivity index (χ4v) is 4.70. The highest BCUT2D eigenvalue weighted by Gasteiger charge is 2.13. The van der Waals surface area contributed by atoms with Gasteiger partial charge in [0.2, 0.25) is 0 Å². The summed E-state index contributed by atoms with van der Waals surface area (Å²) in [7, 11) is 0. The number of hydrogen-bond donors (Lipinski definition) is 0. The molecule has 0 atom stereocenters. The Balaban J connectivity index is 1.73. The zero-order valence-corrected chi connectivity index (χ0v) is 19.7. The van der Waals surface area contributed by atoms with Crippen molar-refractivity contribution in [3.05, 3.63) is 120 Å². The van der Waals surface area contributed by atoms with Crippen molar-refractivity contribution in [2.45, 2.75) is 20.3 Å². The van der Waals surface area contributed by atoms with E-state index in [1.165, 1.54) is 38.5 Å². The van der Waals surface area contributed by atoms with Crippen LogP contribution in [0.5, 0.6) is 0 Å². The number of nitrogens with zero attached hydrogens (tertiary/aromatic N) is 1. The van der Waals surface area contributed by atoms with Crippen molar-refractivity contribution in [2.75, 3.05) is 0 Å². The SMILES string of the molecule is CC/C=C(\C=C(/C)Cl)c1cccc(-n2c3ccccc3c3cc(-c4ccccc4)ccc32)c1. The summed E-state index contributed by atoms with van der Waals surface area (Å²) >= 11 is 6.23. The molecule has 0 spiro atoms. The first-order chi connectivity index (χ1) is 16.2. The van der Waals surface area contributed by atoms with Crippen molar-refractivity contribution in [2.24, 2.45) is 0 Å². The quantitative estimate of drug-likeness (QED) is 0.236. The molecular weight excluding hydrogens is 422 g/mol. The molecule has 0 aliphatic heterocycles. The van der Waals surface area contributed by atoms with Crippen LogP contribution in [-0.4, -0.2) is 4.57 Å². The summed E-state index contributed by atoms with van der Waals surface area (Å²) < 4.78 is 2.36. The Hall–Kier alpha value is -3.55. The topological polar surface area (TPSA) is 4.93 Å². The van der Waals surface area contributed by atoms with Crippen LogP contribution in [0.25, 0.3) is 44.2 Å². The Morgan fingerprint density at radius 1 is 0.758 bits per heavy atom. The lowest BCUT2D eigenvalue weighted by Crippen LogP contribution is -1.95. The van der Waals surface area contributed by atoms with Crippen LogP contribution >= 0.6 is 11.6 Å². The maximum Gasteiger partial charge on any atom is 0.0541 e. The lowest BCUT2D eigenvalue weighted by atomic mass is 10.0. The van der Waals surface area contributed by atoms with Gasteiger partial charge in [-0.1, -0.05) is 91.3 Å². The predicted octanol–water partition coefficient (Wildman–Crippen LogP) is 9.39. The van der Waals surface area contributed by atoms with E-state index in [4.69, 9.17) is 11.6 Å². The third kappa shape index (κ3) is 4.13.